The summed E-state index contributed by atoms with van der Waals surface area (Å²) in [7, 11) is 1.17. The average molecular weight is 264 g/mol. The Labute approximate surface area is 99.4 Å². The summed E-state index contributed by atoms with van der Waals surface area (Å²) in [5.41, 5.74) is -2.31. The van der Waals surface area contributed by atoms with Gasteiger partial charge in [0.1, 0.15) is 11.8 Å². The van der Waals surface area contributed by atoms with Gasteiger partial charge in [-0.15, -0.1) is 0 Å². The van der Waals surface area contributed by atoms with E-state index in [0.29, 0.717) is 6.07 Å². The van der Waals surface area contributed by atoms with Crippen LogP contribution in [0.5, 0.6) is 5.75 Å². The lowest BCUT2D eigenvalue weighted by Crippen LogP contribution is -2.12. The van der Waals surface area contributed by atoms with E-state index in [1.165, 1.54) is 7.11 Å². The first-order valence-electron chi connectivity index (χ1n) is 4.20. The molecule has 0 aliphatic heterocycles. The van der Waals surface area contributed by atoms with Crippen molar-refractivity contribution in [1.29, 1.82) is 5.26 Å². The van der Waals surface area contributed by atoms with Gasteiger partial charge < -0.3 is 4.74 Å². The van der Waals surface area contributed by atoms with Crippen molar-refractivity contribution in [3.8, 4) is 11.8 Å². The van der Waals surface area contributed by atoms with E-state index in [0.717, 1.165) is 6.07 Å². The molecule has 7 heteroatoms. The minimum Gasteiger partial charge on any atom is -0.495 e. The predicted molar refractivity (Wildman–Crippen MR) is 52.9 cm³/mol. The van der Waals surface area contributed by atoms with Crippen LogP contribution in [0.4, 0.5) is 13.2 Å². The van der Waals surface area contributed by atoms with Crippen molar-refractivity contribution in [2.75, 3.05) is 7.11 Å². The minimum absolute atomic E-state index is 0.135. The summed E-state index contributed by atoms with van der Waals surface area (Å²) in [6, 6.07) is 2.88. The summed E-state index contributed by atoms with van der Waals surface area (Å²) in [5, 5.41) is 7.39. The van der Waals surface area contributed by atoms with Crippen LogP contribution in [0.2, 0.25) is 0 Å². The van der Waals surface area contributed by atoms with Gasteiger partial charge in [-0.3, -0.25) is 4.79 Å². The fourth-order valence-corrected chi connectivity index (χ4v) is 1.39. The summed E-state index contributed by atoms with van der Waals surface area (Å²) in [5.74, 6) is -0.135. The molecular formula is C10H5ClF3NO2. The number of methoxy groups -OCH3 is 1. The van der Waals surface area contributed by atoms with Crippen LogP contribution >= 0.6 is 11.6 Å². The van der Waals surface area contributed by atoms with Gasteiger partial charge in [0.05, 0.1) is 18.2 Å². The van der Waals surface area contributed by atoms with E-state index in [9.17, 15) is 18.0 Å². The summed E-state index contributed by atoms with van der Waals surface area (Å²) >= 11 is 5.06. The van der Waals surface area contributed by atoms with E-state index in [-0.39, 0.29) is 11.3 Å². The first-order valence-corrected chi connectivity index (χ1v) is 4.58. The molecule has 0 unspecified atom stereocenters. The molecule has 0 N–H and O–H groups in total. The summed E-state index contributed by atoms with van der Waals surface area (Å²) in [4.78, 5) is 10.9. The number of nitriles is 1. The van der Waals surface area contributed by atoms with Crippen LogP contribution in [0.15, 0.2) is 12.1 Å². The lowest BCUT2D eigenvalue weighted by atomic mass is 10.0. The van der Waals surface area contributed by atoms with Crippen molar-refractivity contribution < 1.29 is 22.7 Å². The molecule has 0 aromatic heterocycles. The normalized spacial score (nSPS) is 10.8. The molecule has 1 rings (SSSR count). The Morgan fingerprint density at radius 2 is 2.06 bits per heavy atom. The monoisotopic (exact) mass is 263 g/mol. The fraction of sp³-hybridized carbons (Fsp3) is 0.200. The zero-order valence-electron chi connectivity index (χ0n) is 8.43. The first kappa shape index (κ1) is 13.3. The molecule has 90 valence electrons. The standard InChI is InChI=1S/C10H5ClF3NO2/c1-17-8-3-6(9(11)16)7(10(12,13)14)2-5(8)4-15/h2-3H,1H3. The molecule has 0 saturated heterocycles. The summed E-state index contributed by atoms with van der Waals surface area (Å²) in [6.07, 6.45) is -4.77. The van der Waals surface area contributed by atoms with Gasteiger partial charge in [0.25, 0.3) is 5.24 Å². The maximum Gasteiger partial charge on any atom is 0.417 e. The van der Waals surface area contributed by atoms with Gasteiger partial charge in [-0.1, -0.05) is 0 Å². The largest absolute Gasteiger partial charge is 0.495 e. The number of benzene rings is 1. The van der Waals surface area contributed by atoms with Crippen LogP contribution in [-0.2, 0) is 6.18 Å². The number of nitrogens with zero attached hydrogens (tertiary/aromatic N) is 1. The van der Waals surface area contributed by atoms with Gasteiger partial charge in [0.15, 0.2) is 0 Å². The van der Waals surface area contributed by atoms with Crippen LogP contribution in [0.1, 0.15) is 21.5 Å². The second-order valence-electron chi connectivity index (χ2n) is 2.98. The average Bonchev–Trinajstić information content (AvgIpc) is 2.25. The molecule has 0 amide bonds. The number of alkyl halides is 3. The Morgan fingerprint density at radius 1 is 1.47 bits per heavy atom. The van der Waals surface area contributed by atoms with Gasteiger partial charge in [0, 0.05) is 5.56 Å². The lowest BCUT2D eigenvalue weighted by molar-refractivity contribution is -0.137. The highest BCUT2D eigenvalue weighted by molar-refractivity contribution is 6.68. The van der Waals surface area contributed by atoms with Crippen molar-refractivity contribution in [3.63, 3.8) is 0 Å². The van der Waals surface area contributed by atoms with Crippen LogP contribution in [-0.4, -0.2) is 12.4 Å². The van der Waals surface area contributed by atoms with Crippen molar-refractivity contribution in [2.24, 2.45) is 0 Å². The first-order chi connectivity index (χ1) is 7.81. The van der Waals surface area contributed by atoms with Crippen LogP contribution in [0.25, 0.3) is 0 Å². The molecule has 3 nitrogen and oxygen atoms in total. The van der Waals surface area contributed by atoms with Gasteiger partial charge in [-0.25, -0.2) is 0 Å². The van der Waals surface area contributed by atoms with E-state index >= 15 is 0 Å². The molecule has 0 heterocycles. The molecular weight excluding hydrogens is 259 g/mol. The molecule has 0 atom stereocenters. The number of rotatable bonds is 2. The van der Waals surface area contributed by atoms with Gasteiger partial charge >= 0.3 is 6.18 Å². The maximum atomic E-state index is 12.6. The lowest BCUT2D eigenvalue weighted by Gasteiger charge is -2.12. The van der Waals surface area contributed by atoms with E-state index in [1.807, 2.05) is 0 Å². The number of ether oxygens (including phenoxy) is 1. The SMILES string of the molecule is COc1cc(C(=O)Cl)c(C(F)(F)F)cc1C#N. The second kappa shape index (κ2) is 4.63. The molecule has 0 aliphatic carbocycles. The molecule has 0 saturated carbocycles. The number of halogens is 4. The maximum absolute atomic E-state index is 12.6. The highest BCUT2D eigenvalue weighted by atomic mass is 35.5. The molecule has 0 aliphatic rings. The summed E-state index contributed by atoms with van der Waals surface area (Å²) in [6.45, 7) is 0. The third-order valence-corrected chi connectivity index (χ3v) is 2.18. The third-order valence-electron chi connectivity index (χ3n) is 1.98. The zero-order valence-corrected chi connectivity index (χ0v) is 9.19. The Bertz CT molecular complexity index is 505. The molecule has 1 aromatic rings. The Kier molecular flexibility index (Phi) is 3.63. The highest BCUT2D eigenvalue weighted by Crippen LogP contribution is 2.36. The van der Waals surface area contributed by atoms with Gasteiger partial charge in [-0.2, -0.15) is 18.4 Å². The number of carbonyl (C=O) groups is 1. The molecule has 1 aromatic carbocycles. The van der Waals surface area contributed by atoms with E-state index in [4.69, 9.17) is 21.6 Å². The molecule has 0 fully saturated rings. The second-order valence-corrected chi connectivity index (χ2v) is 3.32. The number of hydrogen-bond acceptors (Lipinski definition) is 3. The van der Waals surface area contributed by atoms with Crippen LogP contribution < -0.4 is 4.74 Å². The molecule has 17 heavy (non-hydrogen) atoms. The Hall–Kier alpha value is -1.74. The van der Waals surface area contributed by atoms with E-state index in [1.54, 1.807) is 6.07 Å². The van der Waals surface area contributed by atoms with Crippen molar-refractivity contribution >= 4 is 16.8 Å². The quantitative estimate of drug-likeness (QED) is 0.771. The Balaban J connectivity index is 3.59. The minimum atomic E-state index is -4.77. The van der Waals surface area contributed by atoms with E-state index in [2.05, 4.69) is 0 Å². The molecule has 0 spiro atoms. The molecule has 0 bridgehead atoms. The number of carbonyl (C=O) groups excluding carboxylic acids is 1. The smallest absolute Gasteiger partial charge is 0.417 e. The zero-order chi connectivity index (χ0) is 13.2. The van der Waals surface area contributed by atoms with E-state index < -0.39 is 22.5 Å². The van der Waals surface area contributed by atoms with Crippen LogP contribution in [0, 0.1) is 11.3 Å². The highest BCUT2D eigenvalue weighted by Gasteiger charge is 2.36. The predicted octanol–water partition coefficient (Wildman–Crippen LogP) is 2.96. The van der Waals surface area contributed by atoms with Gasteiger partial charge in [-0.05, 0) is 23.7 Å². The third kappa shape index (κ3) is 2.68. The number of hydrogen-bond donors (Lipinski definition) is 0. The topological polar surface area (TPSA) is 50.1 Å². The van der Waals surface area contributed by atoms with Crippen molar-refractivity contribution in [3.05, 3.63) is 28.8 Å². The molecule has 0 radical (unpaired) electrons. The fourth-order valence-electron chi connectivity index (χ4n) is 1.23. The summed E-state index contributed by atoms with van der Waals surface area (Å²) < 4.78 is 42.5. The van der Waals surface area contributed by atoms with Crippen LogP contribution in [0.3, 0.4) is 0 Å². The van der Waals surface area contributed by atoms with Crippen molar-refractivity contribution in [1.82, 2.24) is 0 Å². The van der Waals surface area contributed by atoms with Crippen molar-refractivity contribution in [2.45, 2.75) is 6.18 Å². The Morgan fingerprint density at radius 3 is 2.41 bits per heavy atom. The van der Waals surface area contributed by atoms with Gasteiger partial charge in [0.2, 0.25) is 0 Å².